The molecule has 1 fully saturated rings. The van der Waals surface area contributed by atoms with E-state index >= 15 is 8.78 Å². The zero-order chi connectivity index (χ0) is 33.2. The highest BCUT2D eigenvalue weighted by atomic mass is 32.5. The van der Waals surface area contributed by atoms with Gasteiger partial charge in [-0.1, -0.05) is 58.0 Å². The Bertz CT molecular complexity index is 1250. The van der Waals surface area contributed by atoms with Gasteiger partial charge in [-0.2, -0.15) is 18.7 Å². The number of aryl methyl sites for hydroxylation is 1. The minimum atomic E-state index is -4.31. The molecule has 44 heavy (non-hydrogen) atoms. The van der Waals surface area contributed by atoms with Crippen molar-refractivity contribution >= 4 is 59.8 Å². The summed E-state index contributed by atoms with van der Waals surface area (Å²) in [5, 5.41) is 7.42. The number of rotatable bonds is 16. The van der Waals surface area contributed by atoms with Gasteiger partial charge < -0.3 is 20.8 Å². The second kappa shape index (κ2) is 16.9. The predicted molar refractivity (Wildman–Crippen MR) is 168 cm³/mol. The summed E-state index contributed by atoms with van der Waals surface area (Å²) in [6.45, 7) is 7.99. The SMILES string of the molecule is CC(C)[C@H](NC(=O)CC(=O)N[B]S(C)=P)C(=O)N1CCCC1C(=O)N[C@H](C(=O)C(F)(F)C(=O)CCc1ccccc1)C(C)C. The van der Waals surface area contributed by atoms with Crippen LogP contribution in [0.1, 0.15) is 58.9 Å². The van der Waals surface area contributed by atoms with Crippen molar-refractivity contribution in [3.05, 3.63) is 35.9 Å². The van der Waals surface area contributed by atoms with E-state index in [4.69, 9.17) is 0 Å². The van der Waals surface area contributed by atoms with E-state index in [0.29, 0.717) is 12.0 Å². The van der Waals surface area contributed by atoms with Crippen LogP contribution in [0.5, 0.6) is 0 Å². The van der Waals surface area contributed by atoms with Crippen LogP contribution < -0.4 is 15.9 Å². The van der Waals surface area contributed by atoms with Crippen LogP contribution in [-0.2, 0) is 45.1 Å². The summed E-state index contributed by atoms with van der Waals surface area (Å²) in [5.41, 5.74) is 0.672. The van der Waals surface area contributed by atoms with Crippen LogP contribution in [0.2, 0.25) is 0 Å². The zero-order valence-corrected chi connectivity index (χ0v) is 27.5. The van der Waals surface area contributed by atoms with Crippen LogP contribution in [0.3, 0.4) is 0 Å². The van der Waals surface area contributed by atoms with E-state index in [-0.39, 0.29) is 29.3 Å². The summed E-state index contributed by atoms with van der Waals surface area (Å²) in [6.07, 6.45) is 1.41. The number of likely N-dealkylation sites (tertiary alicyclic amines) is 1. The van der Waals surface area contributed by atoms with Crippen LogP contribution >= 0.6 is 8.02 Å². The third kappa shape index (κ3) is 10.6. The first kappa shape index (κ1) is 37.2. The van der Waals surface area contributed by atoms with Gasteiger partial charge in [-0.15, -0.1) is 8.02 Å². The first-order valence-electron chi connectivity index (χ1n) is 14.4. The second-order valence-corrected chi connectivity index (χ2v) is 14.8. The lowest BCUT2D eigenvalue weighted by molar-refractivity contribution is -0.160. The summed E-state index contributed by atoms with van der Waals surface area (Å²) in [4.78, 5) is 78.1. The molecule has 241 valence electrons. The third-order valence-corrected chi connectivity index (χ3v) is 8.02. The molecule has 1 aromatic carbocycles. The van der Waals surface area contributed by atoms with E-state index in [0.717, 1.165) is 0 Å². The molecule has 2 unspecified atom stereocenters. The van der Waals surface area contributed by atoms with Crippen molar-refractivity contribution in [1.29, 1.82) is 0 Å². The average Bonchev–Trinajstić information content (AvgIpc) is 3.46. The van der Waals surface area contributed by atoms with E-state index in [1.165, 1.54) is 25.4 Å². The molecule has 2 rings (SSSR count). The molecule has 3 N–H and O–H groups in total. The molecule has 1 aliphatic rings. The minimum absolute atomic E-state index is 0.0351. The van der Waals surface area contributed by atoms with Gasteiger partial charge in [-0.3, -0.25) is 28.8 Å². The summed E-state index contributed by atoms with van der Waals surface area (Å²) in [5.74, 6) is -11.3. The summed E-state index contributed by atoms with van der Waals surface area (Å²) in [7, 11) is 2.94. The van der Waals surface area contributed by atoms with Crippen molar-refractivity contribution in [1.82, 2.24) is 20.8 Å². The predicted octanol–water partition coefficient (Wildman–Crippen LogP) is 2.01. The van der Waals surface area contributed by atoms with Gasteiger partial charge in [0, 0.05) is 13.0 Å². The molecule has 10 nitrogen and oxygen atoms in total. The summed E-state index contributed by atoms with van der Waals surface area (Å²) in [6, 6.07) is 4.76. The first-order chi connectivity index (χ1) is 20.6. The molecule has 4 atom stereocenters. The number of carbonyl (C=O) groups excluding carboxylic acids is 6. The van der Waals surface area contributed by atoms with Crippen molar-refractivity contribution in [3.8, 4) is 0 Å². The first-order valence-corrected chi connectivity index (χ1v) is 17.4. The van der Waals surface area contributed by atoms with E-state index in [9.17, 15) is 28.8 Å². The fraction of sp³-hybridized carbons (Fsp3) is 0.586. The maximum Gasteiger partial charge on any atom is 0.364 e. The van der Waals surface area contributed by atoms with Crippen LogP contribution in [0.25, 0.3) is 0 Å². The fourth-order valence-electron chi connectivity index (χ4n) is 4.75. The Morgan fingerprint density at radius 2 is 1.61 bits per heavy atom. The highest BCUT2D eigenvalue weighted by molar-refractivity contribution is 8.32. The van der Waals surface area contributed by atoms with Gasteiger partial charge in [0.25, 0.3) is 0 Å². The maximum absolute atomic E-state index is 15.1. The lowest BCUT2D eigenvalue weighted by atomic mass is 9.92. The molecule has 4 amide bonds. The topological polar surface area (TPSA) is 142 Å². The Hall–Kier alpha value is -2.99. The molecule has 0 spiro atoms. The number of halogens is 2. The number of alkyl halides is 2. The smallest absolute Gasteiger partial charge is 0.364 e. The number of amides is 4. The summed E-state index contributed by atoms with van der Waals surface area (Å²) < 4.78 is 30.1. The zero-order valence-electron chi connectivity index (χ0n) is 25.7. The van der Waals surface area contributed by atoms with E-state index < -0.39 is 83.9 Å². The Morgan fingerprint density at radius 1 is 1.00 bits per heavy atom. The molecule has 0 aromatic heterocycles. The van der Waals surface area contributed by atoms with Crippen molar-refractivity contribution in [2.75, 3.05) is 12.8 Å². The van der Waals surface area contributed by atoms with Gasteiger partial charge >= 0.3 is 12.6 Å². The molecule has 0 saturated carbocycles. The van der Waals surface area contributed by atoms with Crippen LogP contribution in [-0.4, -0.2) is 83.6 Å². The highest BCUT2D eigenvalue weighted by Crippen LogP contribution is 2.25. The number of hydrogen-bond donors (Lipinski definition) is 3. The van der Waals surface area contributed by atoms with Crippen molar-refractivity contribution < 1.29 is 37.5 Å². The van der Waals surface area contributed by atoms with Gasteiger partial charge in [0.05, 0.1) is 6.04 Å². The van der Waals surface area contributed by atoms with Gasteiger partial charge in [-0.25, -0.2) is 0 Å². The number of Topliss-reactive ketones (excluding diaryl/α,β-unsaturated/α-hetero) is 2. The monoisotopic (exact) mass is 653 g/mol. The van der Waals surface area contributed by atoms with Crippen LogP contribution in [0, 0.1) is 11.8 Å². The Labute approximate surface area is 262 Å². The van der Waals surface area contributed by atoms with E-state index in [1.54, 1.807) is 50.4 Å². The largest absolute Gasteiger partial charge is 0.392 e. The number of hydrogen-bond acceptors (Lipinski definition) is 6. The maximum atomic E-state index is 15.1. The average molecular weight is 654 g/mol. The number of ketones is 2. The fourth-order valence-corrected chi connectivity index (χ4v) is 5.23. The molecule has 1 aliphatic heterocycles. The number of benzene rings is 1. The summed E-state index contributed by atoms with van der Waals surface area (Å²) >= 11 is 0. The number of nitrogens with zero attached hydrogens (tertiary/aromatic N) is 1. The van der Waals surface area contributed by atoms with Crippen molar-refractivity contribution in [2.45, 2.75) is 83.8 Å². The molecular weight excluding hydrogens is 612 g/mol. The van der Waals surface area contributed by atoms with Gasteiger partial charge in [0.1, 0.15) is 18.5 Å². The van der Waals surface area contributed by atoms with Gasteiger partial charge in [0.15, 0.2) is 0 Å². The van der Waals surface area contributed by atoms with E-state index in [2.05, 4.69) is 23.9 Å². The molecular formula is C29H41BF2N4O6PS. The third-order valence-electron chi connectivity index (χ3n) is 7.20. The quantitative estimate of drug-likeness (QED) is 0.142. The lowest BCUT2D eigenvalue weighted by Crippen LogP contribution is -2.59. The van der Waals surface area contributed by atoms with Crippen LogP contribution in [0.15, 0.2) is 30.3 Å². The number of nitrogens with one attached hydrogen (secondary N) is 3. The molecule has 15 heteroatoms. The normalized spacial score (nSPS) is 17.0. The van der Waals surface area contributed by atoms with Gasteiger partial charge in [-0.05, 0) is 42.9 Å². The molecule has 1 aromatic rings. The molecule has 1 saturated heterocycles. The highest BCUT2D eigenvalue weighted by Gasteiger charge is 2.51. The Balaban J connectivity index is 2.10. The Morgan fingerprint density at radius 3 is 2.18 bits per heavy atom. The standard InChI is InChI=1S/C29H41BF2N4O6PS/c1-17(2)24(26(40)29(31,32)21(37)14-13-19-10-7-6-8-11-19)34-27(41)20-12-9-15-36(20)28(42)25(18(3)4)33-22(38)16-23(39)35-30-44(5)43/h6-8,10-11,17-18,20,24-25,43H,9,12-16H2,1-5H3,(H,33,38)(H,34,41)(H,35,39)/t20?,24-,25-,44?/m0/s1. The lowest BCUT2D eigenvalue weighted by Gasteiger charge is -2.32. The second-order valence-electron chi connectivity index (χ2n) is 11.5. The number of carbonyl (C=O) groups is 6. The Kier molecular flexibility index (Phi) is 14.3. The van der Waals surface area contributed by atoms with E-state index in [1.807, 2.05) is 0 Å². The molecule has 1 heterocycles. The molecule has 1 radical (unpaired) electrons. The molecule has 0 aliphatic carbocycles. The minimum Gasteiger partial charge on any atom is -0.392 e. The van der Waals surface area contributed by atoms with Crippen LogP contribution in [0.4, 0.5) is 8.78 Å². The molecule has 0 bridgehead atoms. The van der Waals surface area contributed by atoms with Gasteiger partial charge in [0.2, 0.25) is 35.2 Å². The van der Waals surface area contributed by atoms with Crippen molar-refractivity contribution in [2.24, 2.45) is 11.8 Å². The van der Waals surface area contributed by atoms with Crippen molar-refractivity contribution in [3.63, 3.8) is 0 Å².